The van der Waals surface area contributed by atoms with E-state index in [2.05, 4.69) is 59.8 Å². The van der Waals surface area contributed by atoms with Gasteiger partial charge in [0, 0.05) is 55.6 Å². The fourth-order valence-electron chi connectivity index (χ4n) is 6.19. The maximum Gasteiger partial charge on any atom is 0.243 e. The van der Waals surface area contributed by atoms with Crippen LogP contribution in [0.25, 0.3) is 10.9 Å². The Morgan fingerprint density at radius 2 is 1.22 bits per heavy atom. The van der Waals surface area contributed by atoms with Crippen LogP contribution in [0.1, 0.15) is 43.7 Å². The number of nitrogens with one attached hydrogen (secondary N) is 8. The minimum absolute atomic E-state index is 0.00708. The van der Waals surface area contributed by atoms with E-state index in [1.807, 2.05) is 18.2 Å². The van der Waals surface area contributed by atoms with Gasteiger partial charge in [-0.1, -0.05) is 48.5 Å². The van der Waals surface area contributed by atoms with Crippen LogP contribution >= 0.6 is 12.6 Å². The van der Waals surface area contributed by atoms with E-state index in [-0.39, 0.29) is 56.8 Å². The third kappa shape index (κ3) is 17.8. The molecule has 0 aliphatic heterocycles. The Balaban J connectivity index is 1.79. The molecule has 0 unspecified atom stereocenters. The minimum atomic E-state index is -1.33. The maximum atomic E-state index is 14.1. The van der Waals surface area contributed by atoms with E-state index in [1.165, 1.54) is 6.92 Å². The first-order valence-corrected chi connectivity index (χ1v) is 20.4. The van der Waals surface area contributed by atoms with E-state index in [4.69, 9.17) is 22.9 Å². The molecule has 1 heterocycles. The van der Waals surface area contributed by atoms with Gasteiger partial charge in [-0.3, -0.25) is 48.1 Å². The predicted molar refractivity (Wildman–Crippen MR) is 235 cm³/mol. The molecule has 0 saturated carbocycles. The van der Waals surface area contributed by atoms with Crippen LogP contribution in [-0.4, -0.2) is 120 Å². The van der Waals surface area contributed by atoms with Crippen LogP contribution < -0.4 is 60.2 Å². The van der Waals surface area contributed by atoms with E-state index in [1.54, 1.807) is 42.6 Å². The summed E-state index contributed by atoms with van der Waals surface area (Å²) in [5, 5.41) is 18.3. The number of carbonyl (C=O) groups excluding carboxylic acids is 9. The first-order valence-electron chi connectivity index (χ1n) is 19.8. The van der Waals surface area contributed by atoms with Crippen molar-refractivity contribution in [3.63, 3.8) is 0 Å². The summed E-state index contributed by atoms with van der Waals surface area (Å²) in [4.78, 5) is 122. The topological polar surface area (TPSA) is 370 Å². The first kappa shape index (κ1) is 50.2. The number of benzene rings is 2. The summed E-state index contributed by atoms with van der Waals surface area (Å²) in [6.45, 7) is 0.0966. The number of fused-ring (bicyclic) bond motifs is 1. The molecule has 23 heteroatoms. The van der Waals surface area contributed by atoms with Gasteiger partial charge in [-0.25, -0.2) is 0 Å². The first-order chi connectivity index (χ1) is 30.0. The summed E-state index contributed by atoms with van der Waals surface area (Å²) in [7, 11) is 0. The van der Waals surface area contributed by atoms with Crippen molar-refractivity contribution < 1.29 is 43.2 Å². The van der Waals surface area contributed by atoms with Crippen molar-refractivity contribution >= 4 is 82.7 Å². The molecule has 0 aliphatic rings. The Bertz CT molecular complexity index is 2130. The van der Waals surface area contributed by atoms with Crippen molar-refractivity contribution in [2.45, 2.75) is 75.7 Å². The van der Waals surface area contributed by atoms with E-state index < -0.39 is 96.5 Å². The number of rotatable bonds is 26. The number of carbonyl (C=O) groups is 9. The molecule has 22 nitrogen and oxygen atoms in total. The zero-order valence-corrected chi connectivity index (χ0v) is 35.5. The Hall–Kier alpha value is -7.17. The molecule has 0 saturated heterocycles. The predicted octanol–water partition coefficient (Wildman–Crippen LogP) is -3.64. The molecule has 0 bridgehead atoms. The van der Waals surface area contributed by atoms with Gasteiger partial charge in [0.1, 0.15) is 30.2 Å². The highest BCUT2D eigenvalue weighted by atomic mass is 32.1. The average molecular weight is 894 g/mol. The van der Waals surface area contributed by atoms with E-state index >= 15 is 0 Å². The Labute approximate surface area is 368 Å². The number of nitrogens with two attached hydrogens (primary N) is 4. The summed E-state index contributed by atoms with van der Waals surface area (Å²) in [6.07, 6.45) is 1.33. The standard InChI is InChI=1S/C40H55N13O9S/c1-22(54)49-31(21-63)37(60)48-19-33(56)50-28(12-7-15-45-40(43)44)36(59)47-20-34(57)51-29(16-23-8-3-2-4-9-23)38(61)53-30(17-24-18-46-26-11-6-5-10-25(24)26)39(62)52-27(35(42)58)13-14-32(41)55/h2-6,8-11,18,27-31,46,63H,7,12-17,19-21H2,1H3,(H2,41,55)(H2,42,58)(H,47,59)(H,48,60)(H,49,54)(H,50,56)(H,51,57)(H,52,62)(H,53,61)(H4,43,44,45)/t27-,28-,29-,30-,31-/m0/s1. The molecule has 2 aromatic carbocycles. The van der Waals surface area contributed by atoms with Gasteiger partial charge < -0.3 is 65.1 Å². The second-order valence-electron chi connectivity index (χ2n) is 14.3. The van der Waals surface area contributed by atoms with Gasteiger partial charge in [0.15, 0.2) is 5.96 Å². The highest BCUT2D eigenvalue weighted by molar-refractivity contribution is 7.80. The Morgan fingerprint density at radius 1 is 0.651 bits per heavy atom. The monoisotopic (exact) mass is 893 g/mol. The van der Waals surface area contributed by atoms with Crippen LogP contribution in [0.15, 0.2) is 65.8 Å². The van der Waals surface area contributed by atoms with Crippen LogP contribution in [0.2, 0.25) is 0 Å². The largest absolute Gasteiger partial charge is 0.370 e. The Kier molecular flexibility index (Phi) is 20.4. The van der Waals surface area contributed by atoms with Gasteiger partial charge >= 0.3 is 0 Å². The molecule has 16 N–H and O–H groups in total. The second-order valence-corrected chi connectivity index (χ2v) is 14.7. The number of hydrogen-bond acceptors (Lipinski definition) is 11. The third-order valence-electron chi connectivity index (χ3n) is 9.33. The van der Waals surface area contributed by atoms with Crippen molar-refractivity contribution in [3.8, 4) is 0 Å². The van der Waals surface area contributed by atoms with Crippen molar-refractivity contribution in [2.75, 3.05) is 25.4 Å². The summed E-state index contributed by atoms with van der Waals surface area (Å²) in [5.41, 5.74) is 23.6. The van der Waals surface area contributed by atoms with Crippen LogP contribution in [0.3, 0.4) is 0 Å². The van der Waals surface area contributed by atoms with Gasteiger partial charge in [0.25, 0.3) is 0 Å². The van der Waals surface area contributed by atoms with E-state index in [9.17, 15) is 43.2 Å². The van der Waals surface area contributed by atoms with Crippen molar-refractivity contribution in [2.24, 2.45) is 27.9 Å². The molecule has 3 rings (SSSR count). The number of nitrogens with zero attached hydrogens (tertiary/aromatic N) is 1. The van der Waals surface area contributed by atoms with Gasteiger partial charge in [-0.05, 0) is 36.5 Å². The second kappa shape index (κ2) is 25.6. The summed E-state index contributed by atoms with van der Waals surface area (Å²) in [5.74, 6) is -7.02. The molecule has 0 aliphatic carbocycles. The number of hydrogen-bond donors (Lipinski definition) is 13. The lowest BCUT2D eigenvalue weighted by Crippen LogP contribution is -2.58. The number of amides is 9. The minimum Gasteiger partial charge on any atom is -0.370 e. The van der Waals surface area contributed by atoms with Gasteiger partial charge in [0.05, 0.1) is 13.1 Å². The zero-order valence-electron chi connectivity index (χ0n) is 34.6. The van der Waals surface area contributed by atoms with Gasteiger partial charge in [-0.2, -0.15) is 12.6 Å². The molecule has 5 atom stereocenters. The van der Waals surface area contributed by atoms with Crippen LogP contribution in [0.5, 0.6) is 0 Å². The molecular weight excluding hydrogens is 839 g/mol. The van der Waals surface area contributed by atoms with Crippen molar-refractivity contribution in [3.05, 3.63) is 71.9 Å². The molecule has 0 spiro atoms. The fourth-order valence-corrected chi connectivity index (χ4v) is 6.45. The molecule has 9 amide bonds. The molecule has 3 aromatic rings. The molecular formula is C40H55N13O9S. The van der Waals surface area contributed by atoms with E-state index in [0.29, 0.717) is 11.1 Å². The summed E-state index contributed by atoms with van der Waals surface area (Å²) in [6, 6.07) is 9.72. The lowest BCUT2D eigenvalue weighted by molar-refractivity contribution is -0.134. The highest BCUT2D eigenvalue weighted by Gasteiger charge is 2.31. The van der Waals surface area contributed by atoms with Gasteiger partial charge in [-0.15, -0.1) is 0 Å². The molecule has 0 fully saturated rings. The highest BCUT2D eigenvalue weighted by Crippen LogP contribution is 2.19. The van der Waals surface area contributed by atoms with Gasteiger partial charge in [0.2, 0.25) is 53.2 Å². The zero-order chi connectivity index (χ0) is 46.5. The number of thiol groups is 1. The third-order valence-corrected chi connectivity index (χ3v) is 9.69. The lowest BCUT2D eigenvalue weighted by Gasteiger charge is -2.25. The molecule has 340 valence electrons. The number of primary amides is 2. The van der Waals surface area contributed by atoms with Crippen molar-refractivity contribution in [1.29, 1.82) is 0 Å². The Morgan fingerprint density at radius 3 is 1.81 bits per heavy atom. The fraction of sp³-hybridized carbons (Fsp3) is 0.400. The lowest BCUT2D eigenvalue weighted by atomic mass is 10.0. The van der Waals surface area contributed by atoms with E-state index in [0.717, 1.165) is 10.9 Å². The normalized spacial score (nSPS) is 13.1. The molecule has 0 radical (unpaired) electrons. The maximum absolute atomic E-state index is 14.1. The van der Waals surface area contributed by atoms with Crippen molar-refractivity contribution in [1.82, 2.24) is 42.2 Å². The summed E-state index contributed by atoms with van der Waals surface area (Å²) < 4.78 is 0. The number of aliphatic imine (C=N–C) groups is 1. The summed E-state index contributed by atoms with van der Waals surface area (Å²) >= 11 is 4.04. The average Bonchev–Trinajstić information content (AvgIpc) is 3.65. The number of guanidine groups is 1. The van der Waals surface area contributed by atoms with Crippen LogP contribution in [-0.2, 0) is 56.0 Å². The number of H-pyrrole nitrogens is 1. The number of para-hydroxylation sites is 1. The molecule has 63 heavy (non-hydrogen) atoms. The van der Waals surface area contributed by atoms with Crippen LogP contribution in [0.4, 0.5) is 0 Å². The molecule has 1 aromatic heterocycles. The smallest absolute Gasteiger partial charge is 0.243 e. The number of aromatic amines is 1. The SMILES string of the molecule is CC(=O)N[C@@H](CS)C(=O)NCC(=O)N[C@@H](CCCN=C(N)N)C(=O)NCC(=O)N[C@@H](Cc1ccccc1)C(=O)N[C@@H](Cc1c[nH]c2ccccc12)C(=O)N[C@@H](CCC(N)=O)C(N)=O. The quantitative estimate of drug-likeness (QED) is 0.0161. The van der Waals surface area contributed by atoms with Crippen LogP contribution in [0, 0.1) is 0 Å². The number of aromatic nitrogens is 1.